The van der Waals surface area contributed by atoms with Crippen LogP contribution in [0.1, 0.15) is 17.6 Å². The lowest BCUT2D eigenvalue weighted by Gasteiger charge is -2.28. The third-order valence-corrected chi connectivity index (χ3v) is 3.18. The quantitative estimate of drug-likeness (QED) is 0.886. The van der Waals surface area contributed by atoms with E-state index in [1.54, 1.807) is 12.1 Å². The first-order chi connectivity index (χ1) is 9.15. The first-order valence-electron chi connectivity index (χ1n) is 6.53. The summed E-state index contributed by atoms with van der Waals surface area (Å²) in [5, 5.41) is 3.28. The Bertz CT molecular complexity index is 395. The van der Waals surface area contributed by atoms with Gasteiger partial charge in [-0.2, -0.15) is 0 Å². The topological polar surface area (TPSA) is 24.5 Å². The molecule has 106 valence electrons. The predicted octanol–water partition coefficient (Wildman–Crippen LogP) is 2.04. The smallest absolute Gasteiger partial charge is 0.263 e. The van der Waals surface area contributed by atoms with Gasteiger partial charge in [-0.15, -0.1) is 0 Å². The van der Waals surface area contributed by atoms with E-state index in [9.17, 15) is 8.78 Å². The summed E-state index contributed by atoms with van der Waals surface area (Å²) in [6.45, 7) is 3.93. The molecule has 2 rings (SSSR count). The second-order valence-corrected chi connectivity index (χ2v) is 4.94. The number of benzene rings is 1. The molecule has 19 heavy (non-hydrogen) atoms. The van der Waals surface area contributed by atoms with Crippen molar-refractivity contribution in [2.24, 2.45) is 0 Å². The molecule has 5 heteroatoms. The van der Waals surface area contributed by atoms with Crippen molar-refractivity contribution in [2.75, 3.05) is 33.3 Å². The number of rotatable bonds is 5. The zero-order valence-corrected chi connectivity index (χ0v) is 11.1. The van der Waals surface area contributed by atoms with Crippen LogP contribution in [0, 0.1) is 0 Å². The van der Waals surface area contributed by atoms with Gasteiger partial charge in [0.2, 0.25) is 0 Å². The van der Waals surface area contributed by atoms with Crippen LogP contribution in [0.15, 0.2) is 24.3 Å². The zero-order chi connectivity index (χ0) is 13.7. The number of nitrogens with zero attached hydrogens (tertiary/aromatic N) is 1. The summed E-state index contributed by atoms with van der Waals surface area (Å²) in [5.74, 6) is 0. The number of hydrogen-bond acceptors (Lipinski definition) is 3. The van der Waals surface area contributed by atoms with Gasteiger partial charge in [-0.25, -0.2) is 8.78 Å². The van der Waals surface area contributed by atoms with Gasteiger partial charge in [-0.3, -0.25) is 4.90 Å². The molecule has 1 aliphatic heterocycles. The van der Waals surface area contributed by atoms with Crippen molar-refractivity contribution in [3.8, 4) is 0 Å². The third kappa shape index (κ3) is 4.53. The van der Waals surface area contributed by atoms with Crippen LogP contribution in [-0.4, -0.2) is 44.3 Å². The molecule has 0 aromatic heterocycles. The number of morpholine rings is 1. The van der Waals surface area contributed by atoms with Gasteiger partial charge in [0.25, 0.3) is 6.43 Å². The Kier molecular flexibility index (Phi) is 5.24. The number of alkyl halides is 2. The normalized spacial score (nSPS) is 20.2. The third-order valence-electron chi connectivity index (χ3n) is 3.18. The SMILES string of the molecule is CN(Cc1cccc(C(F)F)c1)CC1CNCCO1. The molecular formula is C14H20F2N2O. The average Bonchev–Trinajstić information content (AvgIpc) is 2.40. The molecule has 0 aliphatic carbocycles. The van der Waals surface area contributed by atoms with Crippen molar-refractivity contribution in [2.45, 2.75) is 19.1 Å². The van der Waals surface area contributed by atoms with Gasteiger partial charge in [0.15, 0.2) is 0 Å². The minimum Gasteiger partial charge on any atom is -0.374 e. The van der Waals surface area contributed by atoms with E-state index >= 15 is 0 Å². The summed E-state index contributed by atoms with van der Waals surface area (Å²) in [5.41, 5.74) is 0.991. The van der Waals surface area contributed by atoms with E-state index in [-0.39, 0.29) is 11.7 Å². The van der Waals surface area contributed by atoms with Crippen LogP contribution >= 0.6 is 0 Å². The molecule has 0 amide bonds. The zero-order valence-electron chi connectivity index (χ0n) is 11.1. The maximum atomic E-state index is 12.6. The molecule has 1 aliphatic rings. The number of hydrogen-bond donors (Lipinski definition) is 1. The molecule has 1 fully saturated rings. The van der Waals surface area contributed by atoms with Gasteiger partial charge in [0, 0.05) is 31.7 Å². The summed E-state index contributed by atoms with van der Waals surface area (Å²) in [4.78, 5) is 2.10. The number of ether oxygens (including phenoxy) is 1. The van der Waals surface area contributed by atoms with Crippen molar-refractivity contribution < 1.29 is 13.5 Å². The number of halogens is 2. The van der Waals surface area contributed by atoms with Crippen LogP contribution in [0.4, 0.5) is 8.78 Å². The maximum Gasteiger partial charge on any atom is 0.263 e. The summed E-state index contributed by atoms with van der Waals surface area (Å²) >= 11 is 0. The molecular weight excluding hydrogens is 250 g/mol. The van der Waals surface area contributed by atoms with E-state index < -0.39 is 6.43 Å². The maximum absolute atomic E-state index is 12.6. The van der Waals surface area contributed by atoms with Crippen molar-refractivity contribution in [1.29, 1.82) is 0 Å². The lowest BCUT2D eigenvalue weighted by atomic mass is 10.1. The fourth-order valence-corrected chi connectivity index (χ4v) is 2.29. The highest BCUT2D eigenvalue weighted by molar-refractivity contribution is 5.24. The van der Waals surface area contributed by atoms with E-state index in [1.165, 1.54) is 6.07 Å². The highest BCUT2D eigenvalue weighted by Crippen LogP contribution is 2.20. The highest BCUT2D eigenvalue weighted by atomic mass is 19.3. The Morgan fingerprint density at radius 3 is 3.00 bits per heavy atom. The molecule has 0 spiro atoms. The summed E-state index contributed by atoms with van der Waals surface area (Å²) in [6, 6.07) is 6.59. The van der Waals surface area contributed by atoms with Crippen LogP contribution in [0.3, 0.4) is 0 Å². The Labute approximate surface area is 112 Å². The van der Waals surface area contributed by atoms with Crippen LogP contribution in [-0.2, 0) is 11.3 Å². The van der Waals surface area contributed by atoms with E-state index in [4.69, 9.17) is 4.74 Å². The molecule has 1 heterocycles. The largest absolute Gasteiger partial charge is 0.374 e. The van der Waals surface area contributed by atoms with Crippen molar-refractivity contribution >= 4 is 0 Å². The van der Waals surface area contributed by atoms with Crippen molar-refractivity contribution in [3.63, 3.8) is 0 Å². The van der Waals surface area contributed by atoms with Crippen LogP contribution < -0.4 is 5.32 Å². The number of nitrogens with one attached hydrogen (secondary N) is 1. The van der Waals surface area contributed by atoms with Crippen molar-refractivity contribution in [1.82, 2.24) is 10.2 Å². The molecule has 0 bridgehead atoms. The van der Waals surface area contributed by atoms with E-state index in [2.05, 4.69) is 10.2 Å². The van der Waals surface area contributed by atoms with E-state index in [0.29, 0.717) is 6.54 Å². The van der Waals surface area contributed by atoms with E-state index in [0.717, 1.165) is 31.8 Å². The van der Waals surface area contributed by atoms with Crippen LogP contribution in [0.5, 0.6) is 0 Å². The van der Waals surface area contributed by atoms with Crippen LogP contribution in [0.2, 0.25) is 0 Å². The van der Waals surface area contributed by atoms with Gasteiger partial charge in [0.05, 0.1) is 12.7 Å². The predicted molar refractivity (Wildman–Crippen MR) is 70.3 cm³/mol. The lowest BCUT2D eigenvalue weighted by Crippen LogP contribution is -2.44. The summed E-state index contributed by atoms with van der Waals surface area (Å²) in [7, 11) is 1.98. The minimum absolute atomic E-state index is 0.0847. The van der Waals surface area contributed by atoms with Gasteiger partial charge >= 0.3 is 0 Å². The number of likely N-dealkylation sites (N-methyl/N-ethyl adjacent to an activating group) is 1. The second-order valence-electron chi connectivity index (χ2n) is 4.94. The van der Waals surface area contributed by atoms with Crippen LogP contribution in [0.25, 0.3) is 0 Å². The molecule has 1 saturated heterocycles. The molecule has 1 N–H and O–H groups in total. The first kappa shape index (κ1) is 14.4. The van der Waals surface area contributed by atoms with Crippen molar-refractivity contribution in [3.05, 3.63) is 35.4 Å². The Morgan fingerprint density at radius 1 is 1.47 bits per heavy atom. The van der Waals surface area contributed by atoms with Gasteiger partial charge in [-0.05, 0) is 18.7 Å². The van der Waals surface area contributed by atoms with Gasteiger partial charge < -0.3 is 10.1 Å². The lowest BCUT2D eigenvalue weighted by molar-refractivity contribution is 0.00883. The Balaban J connectivity index is 1.87. The average molecular weight is 270 g/mol. The molecule has 1 atom stereocenters. The molecule has 0 radical (unpaired) electrons. The summed E-state index contributed by atoms with van der Waals surface area (Å²) < 4.78 is 30.9. The Hall–Kier alpha value is -1.04. The molecule has 1 aromatic rings. The monoisotopic (exact) mass is 270 g/mol. The molecule has 1 aromatic carbocycles. The van der Waals surface area contributed by atoms with Gasteiger partial charge in [0.1, 0.15) is 0 Å². The fraction of sp³-hybridized carbons (Fsp3) is 0.571. The fourth-order valence-electron chi connectivity index (χ4n) is 2.29. The molecule has 1 unspecified atom stereocenters. The standard InChI is InChI=1S/C14H20F2N2O/c1-18(10-13-8-17-5-6-19-13)9-11-3-2-4-12(7-11)14(15)16/h2-4,7,13-14,17H,5-6,8-10H2,1H3. The molecule has 3 nitrogen and oxygen atoms in total. The highest BCUT2D eigenvalue weighted by Gasteiger charge is 2.16. The Morgan fingerprint density at radius 2 is 2.32 bits per heavy atom. The molecule has 0 saturated carbocycles. The van der Waals surface area contributed by atoms with E-state index in [1.807, 2.05) is 13.1 Å². The second kappa shape index (κ2) is 6.93. The summed E-state index contributed by atoms with van der Waals surface area (Å²) in [6.07, 6.45) is -2.23. The van der Waals surface area contributed by atoms with Gasteiger partial charge in [-0.1, -0.05) is 18.2 Å². The minimum atomic E-state index is -2.41. The first-order valence-corrected chi connectivity index (χ1v) is 6.53.